The van der Waals surface area contributed by atoms with Gasteiger partial charge in [-0.05, 0) is 41.8 Å². The van der Waals surface area contributed by atoms with E-state index in [-0.39, 0.29) is 11.7 Å². The summed E-state index contributed by atoms with van der Waals surface area (Å²) in [6.07, 6.45) is 0.705. The van der Waals surface area contributed by atoms with E-state index in [0.717, 1.165) is 16.8 Å². The molecule has 2 rings (SSSR count). The summed E-state index contributed by atoms with van der Waals surface area (Å²) in [6.45, 7) is 2.71. The highest BCUT2D eigenvalue weighted by molar-refractivity contribution is 5.88. The minimum absolute atomic E-state index is 0.0973. The molecule has 0 radical (unpaired) electrons. The first-order chi connectivity index (χ1) is 12.1. The molecule has 0 aliphatic carbocycles. The molecule has 132 valence electrons. The number of anilines is 1. The Bertz CT molecular complexity index is 746. The largest absolute Gasteiger partial charge is 0.356 e. The molecular weight excluding hydrogens is 319 g/mol. The fourth-order valence-corrected chi connectivity index (χ4v) is 2.39. The van der Waals surface area contributed by atoms with Crippen molar-refractivity contribution in [2.75, 3.05) is 18.9 Å². The van der Waals surface area contributed by atoms with Gasteiger partial charge in [-0.2, -0.15) is 0 Å². The van der Waals surface area contributed by atoms with E-state index in [1.54, 1.807) is 13.1 Å². The molecule has 0 spiro atoms. The fraction of sp³-hybridized carbons (Fsp3) is 0.263. The number of carbonyl (C=O) groups excluding carboxylic acids is 1. The molecule has 0 aliphatic heterocycles. The summed E-state index contributed by atoms with van der Waals surface area (Å²) in [6, 6.07) is 14.2. The summed E-state index contributed by atoms with van der Waals surface area (Å²) in [7, 11) is 1.70. The highest BCUT2D eigenvalue weighted by Gasteiger charge is 2.01. The summed E-state index contributed by atoms with van der Waals surface area (Å²) in [4.78, 5) is 15.3. The standard InChI is InChI=1S/C19H23FN4O/c1-14(25)24-18-8-4-6-16(12-18)13-23-19(21-2)22-10-9-15-5-3-7-17(20)11-15/h3-8,11-12H,9-10,13H2,1-2H3,(H,24,25)(H2,21,22,23). The molecule has 6 heteroatoms. The zero-order valence-corrected chi connectivity index (χ0v) is 14.5. The minimum atomic E-state index is -0.223. The average Bonchev–Trinajstić information content (AvgIpc) is 2.58. The number of halogens is 1. The van der Waals surface area contributed by atoms with Gasteiger partial charge in [0.05, 0.1) is 0 Å². The molecule has 2 aromatic rings. The molecule has 0 saturated heterocycles. The third-order valence-corrected chi connectivity index (χ3v) is 3.53. The third kappa shape index (κ3) is 6.63. The average molecular weight is 342 g/mol. The predicted molar refractivity (Wildman–Crippen MR) is 99.1 cm³/mol. The summed E-state index contributed by atoms with van der Waals surface area (Å²) in [5, 5.41) is 9.18. The van der Waals surface area contributed by atoms with E-state index in [2.05, 4.69) is 20.9 Å². The van der Waals surface area contributed by atoms with Crippen LogP contribution in [0.2, 0.25) is 0 Å². The maximum absolute atomic E-state index is 13.2. The summed E-state index contributed by atoms with van der Waals surface area (Å²) in [5.74, 6) is 0.348. The highest BCUT2D eigenvalue weighted by Crippen LogP contribution is 2.10. The third-order valence-electron chi connectivity index (χ3n) is 3.53. The smallest absolute Gasteiger partial charge is 0.221 e. The van der Waals surface area contributed by atoms with Crippen molar-refractivity contribution in [2.45, 2.75) is 19.9 Å². The van der Waals surface area contributed by atoms with Gasteiger partial charge in [0.2, 0.25) is 5.91 Å². The van der Waals surface area contributed by atoms with Crippen LogP contribution in [-0.2, 0) is 17.8 Å². The second-order valence-corrected chi connectivity index (χ2v) is 5.61. The Morgan fingerprint density at radius 3 is 2.56 bits per heavy atom. The van der Waals surface area contributed by atoms with Crippen molar-refractivity contribution < 1.29 is 9.18 Å². The molecule has 0 bridgehead atoms. The van der Waals surface area contributed by atoms with Crippen LogP contribution in [0.4, 0.5) is 10.1 Å². The molecule has 0 atom stereocenters. The Labute approximate surface area is 147 Å². The second-order valence-electron chi connectivity index (χ2n) is 5.61. The molecule has 3 N–H and O–H groups in total. The second kappa shape index (κ2) is 9.42. The SMILES string of the molecule is CN=C(NCCc1cccc(F)c1)NCc1cccc(NC(C)=O)c1. The van der Waals surface area contributed by atoms with Crippen LogP contribution >= 0.6 is 0 Å². The van der Waals surface area contributed by atoms with Crippen LogP contribution in [0.25, 0.3) is 0 Å². The zero-order chi connectivity index (χ0) is 18.1. The Balaban J connectivity index is 1.81. The van der Waals surface area contributed by atoms with Gasteiger partial charge < -0.3 is 16.0 Å². The van der Waals surface area contributed by atoms with Crippen molar-refractivity contribution in [2.24, 2.45) is 4.99 Å². The normalized spacial score (nSPS) is 11.1. The number of guanidine groups is 1. The lowest BCUT2D eigenvalue weighted by Gasteiger charge is -2.12. The van der Waals surface area contributed by atoms with Crippen molar-refractivity contribution in [3.05, 3.63) is 65.5 Å². The van der Waals surface area contributed by atoms with E-state index in [9.17, 15) is 9.18 Å². The molecule has 1 amide bonds. The molecule has 2 aromatic carbocycles. The van der Waals surface area contributed by atoms with Crippen molar-refractivity contribution in [1.29, 1.82) is 0 Å². The van der Waals surface area contributed by atoms with E-state index in [1.165, 1.54) is 19.1 Å². The van der Waals surface area contributed by atoms with E-state index in [0.29, 0.717) is 25.5 Å². The number of amides is 1. The van der Waals surface area contributed by atoms with Gasteiger partial charge in [0, 0.05) is 32.7 Å². The fourth-order valence-electron chi connectivity index (χ4n) is 2.39. The maximum atomic E-state index is 13.2. The van der Waals surface area contributed by atoms with Gasteiger partial charge in [-0.1, -0.05) is 24.3 Å². The number of aliphatic imine (C=N–C) groups is 1. The van der Waals surface area contributed by atoms with Gasteiger partial charge in [-0.3, -0.25) is 9.79 Å². The van der Waals surface area contributed by atoms with E-state index in [1.807, 2.05) is 30.3 Å². The molecular formula is C19H23FN4O. The number of hydrogen-bond donors (Lipinski definition) is 3. The van der Waals surface area contributed by atoms with Crippen LogP contribution in [0.1, 0.15) is 18.1 Å². The molecule has 5 nitrogen and oxygen atoms in total. The lowest BCUT2D eigenvalue weighted by atomic mass is 10.1. The first-order valence-electron chi connectivity index (χ1n) is 8.12. The molecule has 0 aliphatic rings. The Kier molecular flexibility index (Phi) is 6.95. The lowest BCUT2D eigenvalue weighted by Crippen LogP contribution is -2.37. The molecule has 0 unspecified atom stereocenters. The van der Waals surface area contributed by atoms with Crippen LogP contribution < -0.4 is 16.0 Å². The van der Waals surface area contributed by atoms with Gasteiger partial charge >= 0.3 is 0 Å². The van der Waals surface area contributed by atoms with E-state index < -0.39 is 0 Å². The summed E-state index contributed by atoms with van der Waals surface area (Å²) in [5.41, 5.74) is 2.73. The Hall–Kier alpha value is -2.89. The Morgan fingerprint density at radius 2 is 1.84 bits per heavy atom. The quantitative estimate of drug-likeness (QED) is 0.559. The number of nitrogens with zero attached hydrogens (tertiary/aromatic N) is 1. The van der Waals surface area contributed by atoms with E-state index in [4.69, 9.17) is 0 Å². The molecule has 25 heavy (non-hydrogen) atoms. The van der Waals surface area contributed by atoms with Gasteiger partial charge in [0.15, 0.2) is 5.96 Å². The van der Waals surface area contributed by atoms with Gasteiger partial charge in [0.1, 0.15) is 5.82 Å². The van der Waals surface area contributed by atoms with Crippen LogP contribution in [0.5, 0.6) is 0 Å². The van der Waals surface area contributed by atoms with Crippen molar-refractivity contribution in [3.8, 4) is 0 Å². The van der Waals surface area contributed by atoms with Crippen molar-refractivity contribution in [3.63, 3.8) is 0 Å². The summed E-state index contributed by atoms with van der Waals surface area (Å²) < 4.78 is 13.2. The van der Waals surface area contributed by atoms with Crippen molar-refractivity contribution in [1.82, 2.24) is 10.6 Å². The maximum Gasteiger partial charge on any atom is 0.221 e. The van der Waals surface area contributed by atoms with Crippen LogP contribution in [0.3, 0.4) is 0 Å². The van der Waals surface area contributed by atoms with Gasteiger partial charge in [0.25, 0.3) is 0 Å². The number of rotatable bonds is 6. The van der Waals surface area contributed by atoms with Crippen LogP contribution in [0.15, 0.2) is 53.5 Å². The first kappa shape index (κ1) is 18.4. The van der Waals surface area contributed by atoms with Crippen LogP contribution in [0, 0.1) is 5.82 Å². The van der Waals surface area contributed by atoms with Crippen molar-refractivity contribution >= 4 is 17.6 Å². The molecule has 0 aromatic heterocycles. The van der Waals surface area contributed by atoms with Gasteiger partial charge in [-0.15, -0.1) is 0 Å². The number of hydrogen-bond acceptors (Lipinski definition) is 2. The van der Waals surface area contributed by atoms with Gasteiger partial charge in [-0.25, -0.2) is 4.39 Å². The number of carbonyl (C=O) groups is 1. The zero-order valence-electron chi connectivity index (χ0n) is 14.5. The van der Waals surface area contributed by atoms with Crippen LogP contribution in [-0.4, -0.2) is 25.5 Å². The molecule has 0 heterocycles. The van der Waals surface area contributed by atoms with E-state index >= 15 is 0 Å². The molecule has 0 fully saturated rings. The number of nitrogens with one attached hydrogen (secondary N) is 3. The highest BCUT2D eigenvalue weighted by atomic mass is 19.1. The summed E-state index contributed by atoms with van der Waals surface area (Å²) >= 11 is 0. The predicted octanol–water partition coefficient (Wildman–Crippen LogP) is 2.69. The number of benzene rings is 2. The molecule has 0 saturated carbocycles. The lowest BCUT2D eigenvalue weighted by molar-refractivity contribution is -0.114. The topological polar surface area (TPSA) is 65.5 Å². The Morgan fingerprint density at radius 1 is 1.08 bits per heavy atom. The monoisotopic (exact) mass is 342 g/mol. The first-order valence-corrected chi connectivity index (χ1v) is 8.12. The minimum Gasteiger partial charge on any atom is -0.356 e.